The van der Waals surface area contributed by atoms with Crippen molar-refractivity contribution in [3.8, 4) is 0 Å². The Balaban J connectivity index is 2.58. The van der Waals surface area contributed by atoms with Crippen LogP contribution < -0.4 is 0 Å². The quantitative estimate of drug-likeness (QED) is 0.437. The van der Waals surface area contributed by atoms with Gasteiger partial charge in [0.1, 0.15) is 12.2 Å². The maximum absolute atomic E-state index is 10.5. The van der Waals surface area contributed by atoms with Gasteiger partial charge in [0.2, 0.25) is 0 Å². The number of aliphatic hydroxyl groups excluding tert-OH is 3. The molecule has 0 aromatic rings. The van der Waals surface area contributed by atoms with E-state index in [-0.39, 0.29) is 0 Å². The summed E-state index contributed by atoms with van der Waals surface area (Å²) in [5, 5.41) is 27.2. The predicted octanol–water partition coefficient (Wildman–Crippen LogP) is -2.01. The third-order valence-corrected chi connectivity index (χ3v) is 1.79. The van der Waals surface area contributed by atoms with Crippen LogP contribution in [0.4, 0.5) is 0 Å². The summed E-state index contributed by atoms with van der Waals surface area (Å²) in [4.78, 5) is 10.5. The van der Waals surface area contributed by atoms with Crippen molar-refractivity contribution < 1.29 is 29.6 Å². The molecule has 3 N–H and O–H groups in total. The zero-order valence-electron chi connectivity index (χ0n) is 7.08. The van der Waals surface area contributed by atoms with Crippen LogP contribution in [0.5, 0.6) is 0 Å². The van der Waals surface area contributed by atoms with Crippen LogP contribution in [-0.2, 0) is 14.3 Å². The highest BCUT2D eigenvalue weighted by molar-refractivity contribution is 5.66. The Morgan fingerprint density at radius 2 is 2.15 bits per heavy atom. The highest BCUT2D eigenvalue weighted by Gasteiger charge is 2.44. The molecule has 1 rings (SSSR count). The number of carbonyl (C=O) groups is 1. The third kappa shape index (κ3) is 2.16. The first-order valence-electron chi connectivity index (χ1n) is 3.86. The highest BCUT2D eigenvalue weighted by Crippen LogP contribution is 2.22. The fourth-order valence-corrected chi connectivity index (χ4v) is 1.19. The van der Waals surface area contributed by atoms with Gasteiger partial charge in [0, 0.05) is 6.92 Å². The molecule has 76 valence electrons. The Morgan fingerprint density at radius 1 is 1.54 bits per heavy atom. The van der Waals surface area contributed by atoms with Gasteiger partial charge in [-0.25, -0.2) is 0 Å². The van der Waals surface area contributed by atoms with E-state index in [1.54, 1.807) is 0 Å². The van der Waals surface area contributed by atoms with Crippen molar-refractivity contribution in [1.29, 1.82) is 0 Å². The monoisotopic (exact) mass is 192 g/mol. The minimum atomic E-state index is -1.38. The Hall–Kier alpha value is -0.690. The molecule has 0 bridgehead atoms. The Morgan fingerprint density at radius 3 is 2.54 bits per heavy atom. The molecule has 6 nitrogen and oxygen atoms in total. The second kappa shape index (κ2) is 4.01. The van der Waals surface area contributed by atoms with Crippen LogP contribution in [-0.4, -0.2) is 52.5 Å². The van der Waals surface area contributed by atoms with Crippen LogP contribution in [0.15, 0.2) is 0 Å². The van der Waals surface area contributed by atoms with E-state index >= 15 is 0 Å². The van der Waals surface area contributed by atoms with Crippen molar-refractivity contribution in [2.45, 2.75) is 31.5 Å². The normalized spacial score (nSPS) is 39.1. The molecule has 0 aliphatic carbocycles. The number of esters is 1. The second-order valence-electron chi connectivity index (χ2n) is 2.81. The lowest BCUT2D eigenvalue weighted by Crippen LogP contribution is -2.37. The molecule has 0 saturated carbocycles. The van der Waals surface area contributed by atoms with Crippen LogP contribution in [0.3, 0.4) is 0 Å². The van der Waals surface area contributed by atoms with Gasteiger partial charge in [0.15, 0.2) is 12.4 Å². The number of hydrogen-bond donors (Lipinski definition) is 3. The lowest BCUT2D eigenvalue weighted by Gasteiger charge is -2.16. The smallest absolute Gasteiger partial charge is 0.303 e. The molecule has 4 atom stereocenters. The van der Waals surface area contributed by atoms with Crippen molar-refractivity contribution in [3.63, 3.8) is 0 Å². The molecule has 1 heterocycles. The summed E-state index contributed by atoms with van der Waals surface area (Å²) in [6.45, 7) is 0.724. The average molecular weight is 192 g/mol. The van der Waals surface area contributed by atoms with Gasteiger partial charge < -0.3 is 24.8 Å². The maximum Gasteiger partial charge on any atom is 0.303 e. The van der Waals surface area contributed by atoms with Gasteiger partial charge in [-0.2, -0.15) is 0 Å². The van der Waals surface area contributed by atoms with E-state index in [2.05, 4.69) is 4.74 Å². The molecule has 1 aliphatic heterocycles. The van der Waals surface area contributed by atoms with Gasteiger partial charge >= 0.3 is 5.97 Å². The Labute approximate surface area is 74.7 Å². The van der Waals surface area contributed by atoms with Gasteiger partial charge in [0.05, 0.1) is 6.61 Å². The average Bonchev–Trinajstić information content (AvgIpc) is 2.31. The standard InChI is InChI=1S/C7H12O6/c1-3(9)12-6-5(10)4(2-8)13-7(6)11/h4-8,10-11H,2H2,1H3/t4-,5+,6-,7-/m1/s1. The van der Waals surface area contributed by atoms with E-state index in [4.69, 9.17) is 14.9 Å². The summed E-state index contributed by atoms with van der Waals surface area (Å²) in [6.07, 6.45) is -4.59. The van der Waals surface area contributed by atoms with Gasteiger partial charge in [-0.1, -0.05) is 0 Å². The van der Waals surface area contributed by atoms with E-state index < -0.39 is 37.2 Å². The van der Waals surface area contributed by atoms with Crippen molar-refractivity contribution in [1.82, 2.24) is 0 Å². The van der Waals surface area contributed by atoms with E-state index in [0.717, 1.165) is 6.92 Å². The van der Waals surface area contributed by atoms with E-state index in [1.807, 2.05) is 0 Å². The molecular weight excluding hydrogens is 180 g/mol. The van der Waals surface area contributed by atoms with Crippen LogP contribution in [0.25, 0.3) is 0 Å². The van der Waals surface area contributed by atoms with Crippen LogP contribution in [0, 0.1) is 0 Å². The minimum Gasteiger partial charge on any atom is -0.454 e. The fraction of sp³-hybridized carbons (Fsp3) is 0.857. The number of ether oxygens (including phenoxy) is 2. The molecule has 0 spiro atoms. The van der Waals surface area contributed by atoms with Crippen molar-refractivity contribution >= 4 is 5.97 Å². The first-order chi connectivity index (χ1) is 6.06. The Bertz CT molecular complexity index is 193. The molecule has 6 heteroatoms. The van der Waals surface area contributed by atoms with Crippen molar-refractivity contribution in [2.24, 2.45) is 0 Å². The molecule has 0 aromatic heterocycles. The van der Waals surface area contributed by atoms with Gasteiger partial charge in [0.25, 0.3) is 0 Å². The number of carbonyl (C=O) groups excluding carboxylic acids is 1. The summed E-state index contributed by atoms with van der Waals surface area (Å²) in [7, 11) is 0. The third-order valence-electron chi connectivity index (χ3n) is 1.79. The van der Waals surface area contributed by atoms with Crippen molar-refractivity contribution in [2.75, 3.05) is 6.61 Å². The van der Waals surface area contributed by atoms with Crippen LogP contribution >= 0.6 is 0 Å². The molecule has 0 unspecified atom stereocenters. The zero-order chi connectivity index (χ0) is 10.0. The SMILES string of the molecule is CC(=O)O[C@@H]1[C@@H](O)[C@@H](CO)O[C@H]1O. The first kappa shape index (κ1) is 10.4. The molecule has 0 amide bonds. The highest BCUT2D eigenvalue weighted by atomic mass is 16.7. The summed E-state index contributed by atoms with van der Waals surface area (Å²) in [5.74, 6) is -0.620. The fourth-order valence-electron chi connectivity index (χ4n) is 1.19. The van der Waals surface area contributed by atoms with Crippen molar-refractivity contribution in [3.05, 3.63) is 0 Å². The molecular formula is C7H12O6. The van der Waals surface area contributed by atoms with E-state index in [1.165, 1.54) is 0 Å². The Kier molecular flexibility index (Phi) is 3.21. The summed E-state index contributed by atoms with van der Waals surface area (Å²) in [5.41, 5.74) is 0. The number of aliphatic hydroxyl groups is 3. The molecule has 13 heavy (non-hydrogen) atoms. The summed E-state index contributed by atoms with van der Waals surface area (Å²) >= 11 is 0. The van der Waals surface area contributed by atoms with Crippen LogP contribution in [0.1, 0.15) is 6.92 Å². The summed E-state index contributed by atoms with van der Waals surface area (Å²) in [6, 6.07) is 0. The lowest BCUT2D eigenvalue weighted by atomic mass is 10.1. The van der Waals surface area contributed by atoms with E-state index in [0.29, 0.717) is 0 Å². The molecule has 1 aliphatic rings. The minimum absolute atomic E-state index is 0.435. The predicted molar refractivity (Wildman–Crippen MR) is 39.5 cm³/mol. The second-order valence-corrected chi connectivity index (χ2v) is 2.81. The molecule has 0 radical (unpaired) electrons. The zero-order valence-corrected chi connectivity index (χ0v) is 7.08. The lowest BCUT2D eigenvalue weighted by molar-refractivity contribution is -0.170. The number of rotatable bonds is 2. The van der Waals surface area contributed by atoms with Gasteiger partial charge in [-0.15, -0.1) is 0 Å². The molecule has 0 aromatic carbocycles. The largest absolute Gasteiger partial charge is 0.454 e. The van der Waals surface area contributed by atoms with Crippen LogP contribution in [0.2, 0.25) is 0 Å². The van der Waals surface area contributed by atoms with E-state index in [9.17, 15) is 9.90 Å². The summed E-state index contributed by atoms with van der Waals surface area (Å²) < 4.78 is 9.31. The van der Waals surface area contributed by atoms with Gasteiger partial charge in [-0.05, 0) is 0 Å². The maximum atomic E-state index is 10.5. The topological polar surface area (TPSA) is 96.2 Å². The van der Waals surface area contributed by atoms with Gasteiger partial charge in [-0.3, -0.25) is 4.79 Å². The molecule has 1 saturated heterocycles. The molecule has 1 fully saturated rings. The number of hydrogen-bond acceptors (Lipinski definition) is 6. The first-order valence-corrected chi connectivity index (χ1v) is 3.86.